The summed E-state index contributed by atoms with van der Waals surface area (Å²) in [6.07, 6.45) is 3.09. The first kappa shape index (κ1) is 9.75. The highest BCUT2D eigenvalue weighted by Crippen LogP contribution is 2.33. The van der Waals surface area contributed by atoms with Crippen LogP contribution in [0.4, 0.5) is 0 Å². The van der Waals surface area contributed by atoms with Crippen molar-refractivity contribution in [2.24, 2.45) is 5.92 Å². The summed E-state index contributed by atoms with van der Waals surface area (Å²) in [5.74, 6) is 0.586. The lowest BCUT2D eigenvalue weighted by Gasteiger charge is -2.36. The highest BCUT2D eigenvalue weighted by atomic mass is 16.3. The molecule has 2 unspecified atom stereocenters. The van der Waals surface area contributed by atoms with Gasteiger partial charge in [0.15, 0.2) is 0 Å². The fourth-order valence-corrected chi connectivity index (χ4v) is 1.94. The Balaban J connectivity index is 2.69. The van der Waals surface area contributed by atoms with E-state index in [2.05, 4.69) is 25.3 Å². The molecule has 0 aromatic heterocycles. The molecule has 70 valence electrons. The van der Waals surface area contributed by atoms with Crippen LogP contribution in [0.3, 0.4) is 0 Å². The number of nitrogens with zero attached hydrogens (tertiary/aromatic N) is 1. The second-order valence-electron chi connectivity index (χ2n) is 3.94. The van der Waals surface area contributed by atoms with Gasteiger partial charge in [-0.1, -0.05) is 13.0 Å². The standard InChI is InChI=1S/C10H19NO/c1-4-6-11-7-5-9(2)10(11,3)8-12/h4,9,12H,1,5-8H2,2-3H3. The van der Waals surface area contributed by atoms with Gasteiger partial charge in [-0.25, -0.2) is 0 Å². The Morgan fingerprint density at radius 2 is 2.42 bits per heavy atom. The van der Waals surface area contributed by atoms with Crippen molar-refractivity contribution in [3.8, 4) is 0 Å². The highest BCUT2D eigenvalue weighted by Gasteiger charge is 2.41. The molecule has 1 rings (SSSR count). The van der Waals surface area contributed by atoms with E-state index in [1.165, 1.54) is 6.42 Å². The molecule has 2 heteroatoms. The normalized spacial score (nSPS) is 37.1. The molecule has 2 nitrogen and oxygen atoms in total. The van der Waals surface area contributed by atoms with Gasteiger partial charge in [-0.3, -0.25) is 4.90 Å². The van der Waals surface area contributed by atoms with E-state index in [0.717, 1.165) is 13.1 Å². The predicted octanol–water partition coefficient (Wildman–Crippen LogP) is 1.27. The van der Waals surface area contributed by atoms with Crippen LogP contribution in [0.2, 0.25) is 0 Å². The van der Waals surface area contributed by atoms with E-state index >= 15 is 0 Å². The van der Waals surface area contributed by atoms with E-state index in [1.54, 1.807) is 0 Å². The van der Waals surface area contributed by atoms with Crippen LogP contribution in [-0.2, 0) is 0 Å². The number of likely N-dealkylation sites (tertiary alicyclic amines) is 1. The third-order valence-corrected chi connectivity index (χ3v) is 3.29. The topological polar surface area (TPSA) is 23.5 Å². The van der Waals surface area contributed by atoms with Gasteiger partial charge in [-0.15, -0.1) is 6.58 Å². The van der Waals surface area contributed by atoms with Crippen LogP contribution < -0.4 is 0 Å². The van der Waals surface area contributed by atoms with Crippen molar-refractivity contribution in [1.29, 1.82) is 0 Å². The Bertz CT molecular complexity index is 169. The maximum absolute atomic E-state index is 9.32. The van der Waals surface area contributed by atoms with Gasteiger partial charge >= 0.3 is 0 Å². The molecule has 0 amide bonds. The Kier molecular flexibility index (Phi) is 2.91. The van der Waals surface area contributed by atoms with Crippen molar-refractivity contribution in [3.05, 3.63) is 12.7 Å². The maximum atomic E-state index is 9.32. The van der Waals surface area contributed by atoms with Gasteiger partial charge < -0.3 is 5.11 Å². The summed E-state index contributed by atoms with van der Waals surface area (Å²) in [4.78, 5) is 2.31. The van der Waals surface area contributed by atoms with Crippen molar-refractivity contribution in [2.45, 2.75) is 25.8 Å². The molecule has 12 heavy (non-hydrogen) atoms. The average Bonchev–Trinajstić information content (AvgIpc) is 2.34. The maximum Gasteiger partial charge on any atom is 0.0615 e. The molecule has 1 saturated heterocycles. The third-order valence-electron chi connectivity index (χ3n) is 3.29. The van der Waals surface area contributed by atoms with E-state index in [9.17, 15) is 5.11 Å². The van der Waals surface area contributed by atoms with Crippen molar-refractivity contribution < 1.29 is 5.11 Å². The van der Waals surface area contributed by atoms with Gasteiger partial charge in [0.05, 0.1) is 6.61 Å². The molecule has 2 atom stereocenters. The second kappa shape index (κ2) is 3.58. The van der Waals surface area contributed by atoms with Gasteiger partial charge in [-0.2, -0.15) is 0 Å². The summed E-state index contributed by atoms with van der Waals surface area (Å²) in [6.45, 7) is 10.3. The van der Waals surface area contributed by atoms with Crippen LogP contribution in [0.25, 0.3) is 0 Å². The van der Waals surface area contributed by atoms with E-state index in [1.807, 2.05) is 6.08 Å². The number of hydrogen-bond acceptors (Lipinski definition) is 2. The van der Waals surface area contributed by atoms with E-state index in [4.69, 9.17) is 0 Å². The summed E-state index contributed by atoms with van der Waals surface area (Å²) in [6, 6.07) is 0. The molecule has 0 aliphatic carbocycles. The van der Waals surface area contributed by atoms with Crippen molar-refractivity contribution >= 4 is 0 Å². The smallest absolute Gasteiger partial charge is 0.0615 e. The molecule has 1 heterocycles. The summed E-state index contributed by atoms with van der Waals surface area (Å²) in [5, 5.41) is 9.32. The summed E-state index contributed by atoms with van der Waals surface area (Å²) < 4.78 is 0. The summed E-state index contributed by atoms with van der Waals surface area (Å²) in [7, 11) is 0. The SMILES string of the molecule is C=CCN1CCC(C)C1(C)CO. The first-order chi connectivity index (χ1) is 5.65. The minimum absolute atomic E-state index is 0.0197. The molecule has 1 fully saturated rings. The lowest BCUT2D eigenvalue weighted by molar-refractivity contribution is 0.0626. The zero-order chi connectivity index (χ0) is 9.19. The first-order valence-corrected chi connectivity index (χ1v) is 4.62. The fourth-order valence-electron chi connectivity index (χ4n) is 1.94. The number of hydrogen-bond donors (Lipinski definition) is 1. The molecule has 1 aliphatic rings. The predicted molar refractivity (Wildman–Crippen MR) is 51.0 cm³/mol. The quantitative estimate of drug-likeness (QED) is 0.643. The molecule has 0 aromatic rings. The van der Waals surface area contributed by atoms with Crippen LogP contribution in [0.5, 0.6) is 0 Å². The molecule has 0 spiro atoms. The molecule has 0 bridgehead atoms. The Labute approximate surface area is 74.9 Å². The van der Waals surface area contributed by atoms with Gasteiger partial charge in [0.25, 0.3) is 0 Å². The third kappa shape index (κ3) is 1.41. The van der Waals surface area contributed by atoms with E-state index in [-0.39, 0.29) is 12.1 Å². The van der Waals surface area contributed by atoms with E-state index < -0.39 is 0 Å². The number of aliphatic hydroxyl groups excluding tert-OH is 1. The number of aliphatic hydroxyl groups is 1. The molecular weight excluding hydrogens is 150 g/mol. The van der Waals surface area contributed by atoms with Gasteiger partial charge in [0.2, 0.25) is 0 Å². The van der Waals surface area contributed by atoms with Crippen molar-refractivity contribution in [3.63, 3.8) is 0 Å². The average molecular weight is 169 g/mol. The summed E-state index contributed by atoms with van der Waals surface area (Å²) in [5.41, 5.74) is -0.0197. The van der Waals surface area contributed by atoms with Gasteiger partial charge in [0, 0.05) is 12.1 Å². The Morgan fingerprint density at radius 3 is 2.92 bits per heavy atom. The molecular formula is C10H19NO. The van der Waals surface area contributed by atoms with Gasteiger partial charge in [0.1, 0.15) is 0 Å². The zero-order valence-corrected chi connectivity index (χ0v) is 8.08. The summed E-state index contributed by atoms with van der Waals surface area (Å²) >= 11 is 0. The minimum atomic E-state index is -0.0197. The molecule has 0 saturated carbocycles. The van der Waals surface area contributed by atoms with Crippen molar-refractivity contribution in [1.82, 2.24) is 4.90 Å². The molecule has 1 aliphatic heterocycles. The minimum Gasteiger partial charge on any atom is -0.394 e. The van der Waals surface area contributed by atoms with Gasteiger partial charge in [-0.05, 0) is 25.8 Å². The van der Waals surface area contributed by atoms with E-state index in [0.29, 0.717) is 5.92 Å². The zero-order valence-electron chi connectivity index (χ0n) is 8.08. The molecule has 1 N–H and O–H groups in total. The van der Waals surface area contributed by atoms with Crippen LogP contribution in [0, 0.1) is 5.92 Å². The Hall–Kier alpha value is -0.340. The lowest BCUT2D eigenvalue weighted by atomic mass is 9.89. The van der Waals surface area contributed by atoms with Crippen LogP contribution in [-0.4, -0.2) is 35.2 Å². The van der Waals surface area contributed by atoms with Crippen LogP contribution >= 0.6 is 0 Å². The monoisotopic (exact) mass is 169 g/mol. The largest absolute Gasteiger partial charge is 0.394 e. The first-order valence-electron chi connectivity index (χ1n) is 4.62. The lowest BCUT2D eigenvalue weighted by Crippen LogP contribution is -2.47. The number of rotatable bonds is 3. The van der Waals surface area contributed by atoms with Crippen LogP contribution in [0.1, 0.15) is 20.3 Å². The highest BCUT2D eigenvalue weighted by molar-refractivity contribution is 4.98. The molecule has 0 radical (unpaired) electrons. The fraction of sp³-hybridized carbons (Fsp3) is 0.800. The molecule has 0 aromatic carbocycles. The van der Waals surface area contributed by atoms with Crippen molar-refractivity contribution in [2.75, 3.05) is 19.7 Å². The van der Waals surface area contributed by atoms with Crippen LogP contribution in [0.15, 0.2) is 12.7 Å². The second-order valence-corrected chi connectivity index (χ2v) is 3.94. The Morgan fingerprint density at radius 1 is 1.75 bits per heavy atom.